The fourth-order valence-electron chi connectivity index (χ4n) is 1.92. The molecule has 0 saturated carbocycles. The van der Waals surface area contributed by atoms with Crippen LogP contribution < -0.4 is 0 Å². The number of carbonyl (C=O) groups excluding carboxylic acids is 1. The zero-order valence-corrected chi connectivity index (χ0v) is 11.0. The molecule has 0 N–H and O–H groups in total. The molecule has 17 heavy (non-hydrogen) atoms. The fourth-order valence-corrected chi connectivity index (χ4v) is 1.92. The molecule has 0 bridgehead atoms. The van der Waals surface area contributed by atoms with Crippen molar-refractivity contribution in [2.45, 2.75) is 33.6 Å². The van der Waals surface area contributed by atoms with Crippen molar-refractivity contribution in [1.82, 2.24) is 0 Å². The topological polar surface area (TPSA) is 26.3 Å². The summed E-state index contributed by atoms with van der Waals surface area (Å²) in [7, 11) is 0. The average Bonchev–Trinajstić information content (AvgIpc) is 2.36. The predicted molar refractivity (Wildman–Crippen MR) is 69.7 cm³/mol. The van der Waals surface area contributed by atoms with Gasteiger partial charge in [-0.2, -0.15) is 0 Å². The van der Waals surface area contributed by atoms with Gasteiger partial charge in [-0.05, 0) is 24.8 Å². The Morgan fingerprint density at radius 2 is 1.88 bits per heavy atom. The lowest BCUT2D eigenvalue weighted by molar-refractivity contribution is -0.149. The molecular formula is C15H22O2. The van der Waals surface area contributed by atoms with Crippen molar-refractivity contribution in [2.75, 3.05) is 6.61 Å². The molecule has 1 rings (SSSR count). The zero-order valence-electron chi connectivity index (χ0n) is 11.0. The van der Waals surface area contributed by atoms with E-state index in [1.807, 2.05) is 25.1 Å². The standard InChI is InChI=1S/C15H22O2/c1-4-12(3)14(15(16)17-5-2)11-13-9-7-6-8-10-13/h6-10,12,14H,4-5,11H2,1-3H3. The highest BCUT2D eigenvalue weighted by Crippen LogP contribution is 2.21. The second kappa shape index (κ2) is 7.10. The maximum atomic E-state index is 11.9. The Labute approximate surface area is 104 Å². The summed E-state index contributed by atoms with van der Waals surface area (Å²) in [5.41, 5.74) is 1.20. The minimum Gasteiger partial charge on any atom is -0.466 e. The summed E-state index contributed by atoms with van der Waals surface area (Å²) in [6, 6.07) is 10.1. The first kappa shape index (κ1) is 13.8. The quantitative estimate of drug-likeness (QED) is 0.705. The Morgan fingerprint density at radius 1 is 1.24 bits per heavy atom. The molecule has 0 heterocycles. The van der Waals surface area contributed by atoms with Crippen LogP contribution in [0.4, 0.5) is 0 Å². The van der Waals surface area contributed by atoms with E-state index in [0.717, 1.165) is 12.8 Å². The second-order valence-electron chi connectivity index (χ2n) is 4.43. The number of esters is 1. The summed E-state index contributed by atoms with van der Waals surface area (Å²) < 4.78 is 5.16. The minimum absolute atomic E-state index is 0.0256. The first-order valence-electron chi connectivity index (χ1n) is 6.39. The molecule has 0 radical (unpaired) electrons. The summed E-state index contributed by atoms with van der Waals surface area (Å²) >= 11 is 0. The van der Waals surface area contributed by atoms with E-state index in [0.29, 0.717) is 12.5 Å². The smallest absolute Gasteiger partial charge is 0.309 e. The van der Waals surface area contributed by atoms with Gasteiger partial charge in [0.2, 0.25) is 0 Å². The molecule has 2 heteroatoms. The van der Waals surface area contributed by atoms with E-state index >= 15 is 0 Å². The molecule has 2 nitrogen and oxygen atoms in total. The molecule has 0 saturated heterocycles. The molecule has 94 valence electrons. The van der Waals surface area contributed by atoms with Gasteiger partial charge in [0.15, 0.2) is 0 Å². The van der Waals surface area contributed by atoms with Gasteiger partial charge >= 0.3 is 5.97 Å². The van der Waals surface area contributed by atoms with Crippen LogP contribution in [-0.2, 0) is 16.0 Å². The van der Waals surface area contributed by atoms with Gasteiger partial charge in [-0.1, -0.05) is 50.6 Å². The van der Waals surface area contributed by atoms with Gasteiger partial charge in [-0.3, -0.25) is 4.79 Å². The Kier molecular flexibility index (Phi) is 5.75. The average molecular weight is 234 g/mol. The minimum atomic E-state index is -0.0642. The van der Waals surface area contributed by atoms with Crippen LogP contribution in [0.25, 0.3) is 0 Å². The Balaban J connectivity index is 2.73. The van der Waals surface area contributed by atoms with Crippen molar-refractivity contribution in [1.29, 1.82) is 0 Å². The normalized spacial score (nSPS) is 14.1. The first-order valence-corrected chi connectivity index (χ1v) is 6.39. The van der Waals surface area contributed by atoms with Crippen LogP contribution in [0.5, 0.6) is 0 Å². The molecule has 0 amide bonds. The van der Waals surface area contributed by atoms with Gasteiger partial charge in [0, 0.05) is 0 Å². The van der Waals surface area contributed by atoms with E-state index in [-0.39, 0.29) is 11.9 Å². The third-order valence-electron chi connectivity index (χ3n) is 3.22. The largest absolute Gasteiger partial charge is 0.466 e. The van der Waals surface area contributed by atoms with Gasteiger partial charge in [0.05, 0.1) is 12.5 Å². The van der Waals surface area contributed by atoms with Gasteiger partial charge < -0.3 is 4.74 Å². The number of rotatable bonds is 6. The lowest BCUT2D eigenvalue weighted by Gasteiger charge is -2.21. The molecule has 0 aliphatic heterocycles. The van der Waals surface area contributed by atoms with E-state index in [1.54, 1.807) is 0 Å². The highest BCUT2D eigenvalue weighted by atomic mass is 16.5. The van der Waals surface area contributed by atoms with Crippen molar-refractivity contribution >= 4 is 5.97 Å². The van der Waals surface area contributed by atoms with E-state index in [2.05, 4.69) is 26.0 Å². The summed E-state index contributed by atoms with van der Waals surface area (Å²) in [6.07, 6.45) is 1.77. The maximum absolute atomic E-state index is 11.9. The Bertz CT molecular complexity index is 332. The molecule has 1 aromatic rings. The van der Waals surface area contributed by atoms with Crippen molar-refractivity contribution in [3.05, 3.63) is 35.9 Å². The van der Waals surface area contributed by atoms with Crippen LogP contribution in [0.3, 0.4) is 0 Å². The summed E-state index contributed by atoms with van der Waals surface area (Å²) in [4.78, 5) is 11.9. The van der Waals surface area contributed by atoms with Crippen molar-refractivity contribution in [2.24, 2.45) is 11.8 Å². The highest BCUT2D eigenvalue weighted by Gasteiger charge is 2.25. The summed E-state index contributed by atoms with van der Waals surface area (Å²) in [5, 5.41) is 0. The molecule has 1 aromatic carbocycles. The Hall–Kier alpha value is -1.31. The van der Waals surface area contributed by atoms with Crippen LogP contribution in [0.15, 0.2) is 30.3 Å². The van der Waals surface area contributed by atoms with E-state index in [1.165, 1.54) is 5.56 Å². The van der Waals surface area contributed by atoms with Gasteiger partial charge in [-0.15, -0.1) is 0 Å². The molecule has 0 aliphatic carbocycles. The highest BCUT2D eigenvalue weighted by molar-refractivity contribution is 5.73. The SMILES string of the molecule is CCOC(=O)C(Cc1ccccc1)C(C)CC. The van der Waals surface area contributed by atoms with Crippen LogP contribution in [0, 0.1) is 11.8 Å². The second-order valence-corrected chi connectivity index (χ2v) is 4.43. The zero-order chi connectivity index (χ0) is 12.7. The third-order valence-corrected chi connectivity index (χ3v) is 3.22. The van der Waals surface area contributed by atoms with Crippen LogP contribution in [0.1, 0.15) is 32.8 Å². The monoisotopic (exact) mass is 234 g/mol. The molecule has 2 unspecified atom stereocenters. The predicted octanol–water partition coefficient (Wildman–Crippen LogP) is 3.45. The van der Waals surface area contributed by atoms with Crippen LogP contribution in [-0.4, -0.2) is 12.6 Å². The number of benzene rings is 1. The van der Waals surface area contributed by atoms with Crippen molar-refractivity contribution in [3.8, 4) is 0 Å². The van der Waals surface area contributed by atoms with Gasteiger partial charge in [-0.25, -0.2) is 0 Å². The van der Waals surface area contributed by atoms with Crippen molar-refractivity contribution in [3.63, 3.8) is 0 Å². The molecule has 0 fully saturated rings. The van der Waals surface area contributed by atoms with Gasteiger partial charge in [0.25, 0.3) is 0 Å². The van der Waals surface area contributed by atoms with Crippen LogP contribution in [0.2, 0.25) is 0 Å². The number of ether oxygens (including phenoxy) is 1. The first-order chi connectivity index (χ1) is 8.19. The Morgan fingerprint density at radius 3 is 2.41 bits per heavy atom. The van der Waals surface area contributed by atoms with Gasteiger partial charge in [0.1, 0.15) is 0 Å². The fraction of sp³-hybridized carbons (Fsp3) is 0.533. The van der Waals surface area contributed by atoms with Crippen molar-refractivity contribution < 1.29 is 9.53 Å². The maximum Gasteiger partial charge on any atom is 0.309 e. The lowest BCUT2D eigenvalue weighted by Crippen LogP contribution is -2.26. The molecule has 0 spiro atoms. The van der Waals surface area contributed by atoms with E-state index in [4.69, 9.17) is 4.74 Å². The molecule has 0 aromatic heterocycles. The van der Waals surface area contributed by atoms with E-state index in [9.17, 15) is 4.79 Å². The van der Waals surface area contributed by atoms with Crippen LogP contribution >= 0.6 is 0 Å². The van der Waals surface area contributed by atoms with E-state index < -0.39 is 0 Å². The number of hydrogen-bond donors (Lipinski definition) is 0. The lowest BCUT2D eigenvalue weighted by atomic mass is 9.86. The third kappa shape index (κ3) is 4.22. The summed E-state index contributed by atoms with van der Waals surface area (Å²) in [5.74, 6) is 0.266. The summed E-state index contributed by atoms with van der Waals surface area (Å²) in [6.45, 7) is 6.54. The number of carbonyl (C=O) groups is 1. The molecule has 2 atom stereocenters. The number of hydrogen-bond acceptors (Lipinski definition) is 2. The molecule has 0 aliphatic rings. The molecular weight excluding hydrogens is 212 g/mol.